The smallest absolute Gasteiger partial charge is 0.307 e. The van der Waals surface area contributed by atoms with E-state index >= 15 is 0 Å². The van der Waals surface area contributed by atoms with Gasteiger partial charge in [0, 0.05) is 36.2 Å². The highest BCUT2D eigenvalue weighted by Crippen LogP contribution is 2.37. The average molecular weight is 451 g/mol. The second-order valence-corrected chi connectivity index (χ2v) is 9.03. The maximum Gasteiger partial charge on any atom is 0.307 e. The number of carboxylic acids is 1. The van der Waals surface area contributed by atoms with Crippen LogP contribution in [0, 0.1) is 5.82 Å². The number of hydrogen-bond acceptors (Lipinski definition) is 2. The maximum absolute atomic E-state index is 13.9. The summed E-state index contributed by atoms with van der Waals surface area (Å²) in [6, 6.07) is 14.2. The molecule has 1 atom stereocenters. The quantitative estimate of drug-likeness (QED) is 0.555. The monoisotopic (exact) mass is 450 g/mol. The number of aliphatic carboxylic acids is 1. The Balaban J connectivity index is 1.67. The second-order valence-electron chi connectivity index (χ2n) is 9.03. The molecule has 33 heavy (non-hydrogen) atoms. The van der Waals surface area contributed by atoms with E-state index in [1.165, 1.54) is 12.1 Å². The molecule has 174 valence electrons. The molecule has 0 saturated carbocycles. The molecule has 0 bridgehead atoms. The van der Waals surface area contributed by atoms with E-state index in [4.69, 9.17) is 0 Å². The summed E-state index contributed by atoms with van der Waals surface area (Å²) in [6.07, 6.45) is 2.76. The first kappa shape index (κ1) is 23.0. The number of halogens is 1. The molecule has 0 unspecified atom stereocenters. The molecule has 3 aromatic rings. The molecule has 6 heteroatoms. The molecule has 1 aliphatic heterocycles. The lowest BCUT2D eigenvalue weighted by Gasteiger charge is -2.40. The first-order valence-corrected chi connectivity index (χ1v) is 11.7. The summed E-state index contributed by atoms with van der Waals surface area (Å²) >= 11 is 0. The first-order valence-electron chi connectivity index (χ1n) is 11.7. The molecular formula is C27H31FN2O3. The summed E-state index contributed by atoms with van der Waals surface area (Å²) in [4.78, 5) is 27.3. The van der Waals surface area contributed by atoms with Crippen LogP contribution in [0.15, 0.2) is 48.5 Å². The van der Waals surface area contributed by atoms with Crippen LogP contribution in [0.1, 0.15) is 49.9 Å². The van der Waals surface area contributed by atoms with E-state index < -0.39 is 11.4 Å². The Bertz CT molecular complexity index is 1180. The van der Waals surface area contributed by atoms with Gasteiger partial charge in [0.2, 0.25) is 5.91 Å². The van der Waals surface area contributed by atoms with Crippen LogP contribution in [0.3, 0.4) is 0 Å². The fourth-order valence-electron chi connectivity index (χ4n) is 5.55. The van der Waals surface area contributed by atoms with Crippen molar-refractivity contribution in [1.82, 2.24) is 9.47 Å². The van der Waals surface area contributed by atoms with Gasteiger partial charge in [-0.25, -0.2) is 4.39 Å². The Hall–Kier alpha value is -3.15. The Morgan fingerprint density at radius 3 is 2.42 bits per heavy atom. The topological polar surface area (TPSA) is 62.5 Å². The predicted molar refractivity (Wildman–Crippen MR) is 127 cm³/mol. The Morgan fingerprint density at radius 2 is 1.79 bits per heavy atom. The van der Waals surface area contributed by atoms with Crippen LogP contribution in [-0.2, 0) is 34.4 Å². The zero-order chi connectivity index (χ0) is 23.8. The van der Waals surface area contributed by atoms with Crippen LogP contribution in [0.4, 0.5) is 4.39 Å². The Morgan fingerprint density at radius 1 is 1.12 bits per heavy atom. The number of para-hydroxylation sites is 1. The molecule has 0 radical (unpaired) electrons. The van der Waals surface area contributed by atoms with Crippen molar-refractivity contribution < 1.29 is 19.1 Å². The summed E-state index contributed by atoms with van der Waals surface area (Å²) in [6.45, 7) is 4.65. The van der Waals surface area contributed by atoms with Crippen LogP contribution in [0.5, 0.6) is 0 Å². The van der Waals surface area contributed by atoms with Crippen molar-refractivity contribution in [2.24, 2.45) is 0 Å². The lowest BCUT2D eigenvalue weighted by molar-refractivity contribution is -0.139. The van der Waals surface area contributed by atoms with Crippen LogP contribution >= 0.6 is 0 Å². The zero-order valence-electron chi connectivity index (χ0n) is 19.5. The summed E-state index contributed by atoms with van der Waals surface area (Å²) < 4.78 is 15.7. The summed E-state index contributed by atoms with van der Waals surface area (Å²) in [7, 11) is 1.87. The first-order chi connectivity index (χ1) is 15.8. The van der Waals surface area contributed by atoms with Gasteiger partial charge < -0.3 is 14.6 Å². The number of hydrogen-bond donors (Lipinski definition) is 1. The molecule has 0 spiro atoms. The van der Waals surface area contributed by atoms with E-state index in [2.05, 4.69) is 4.57 Å². The number of rotatable bonds is 7. The van der Waals surface area contributed by atoms with Crippen LogP contribution in [-0.4, -0.2) is 39.5 Å². The van der Waals surface area contributed by atoms with Gasteiger partial charge in [-0.1, -0.05) is 44.2 Å². The highest BCUT2D eigenvalue weighted by molar-refractivity contribution is 5.90. The Kier molecular flexibility index (Phi) is 6.28. The fourth-order valence-corrected chi connectivity index (χ4v) is 5.55. The van der Waals surface area contributed by atoms with Gasteiger partial charge >= 0.3 is 5.97 Å². The van der Waals surface area contributed by atoms with Crippen LogP contribution < -0.4 is 0 Å². The Labute approximate surface area is 193 Å². The van der Waals surface area contributed by atoms with Crippen molar-refractivity contribution in [3.8, 4) is 0 Å². The molecule has 1 amide bonds. The number of carbonyl (C=O) groups excluding carboxylic acids is 1. The highest BCUT2D eigenvalue weighted by Gasteiger charge is 2.41. The van der Waals surface area contributed by atoms with Gasteiger partial charge in [0.15, 0.2) is 0 Å². The van der Waals surface area contributed by atoms with Gasteiger partial charge in [-0.3, -0.25) is 9.59 Å². The molecule has 1 aromatic heterocycles. The maximum atomic E-state index is 13.9. The molecule has 4 rings (SSSR count). The van der Waals surface area contributed by atoms with E-state index in [1.54, 1.807) is 12.1 Å². The number of fused-ring (bicyclic) bond motifs is 3. The number of amides is 1. The minimum Gasteiger partial charge on any atom is -0.481 e. The van der Waals surface area contributed by atoms with E-state index in [9.17, 15) is 19.1 Å². The number of benzene rings is 2. The van der Waals surface area contributed by atoms with Gasteiger partial charge in [0.25, 0.3) is 0 Å². The third-order valence-corrected chi connectivity index (χ3v) is 7.51. The molecule has 0 saturated heterocycles. The van der Waals surface area contributed by atoms with Crippen molar-refractivity contribution in [3.63, 3.8) is 0 Å². The minimum atomic E-state index is -0.835. The van der Waals surface area contributed by atoms with Crippen molar-refractivity contribution in [2.45, 2.75) is 64.0 Å². The van der Waals surface area contributed by atoms with Crippen molar-refractivity contribution in [2.75, 3.05) is 7.05 Å². The molecule has 0 fully saturated rings. The minimum absolute atomic E-state index is 0.00162. The van der Waals surface area contributed by atoms with Gasteiger partial charge in [-0.05, 0) is 55.0 Å². The SMILES string of the molecule is CCC(CC)(C(=O)N(C)[C@@H]1CCc2c(CC(=O)O)c3ccccc3n2C1)c1ccc(F)cc1. The summed E-state index contributed by atoms with van der Waals surface area (Å²) in [5.74, 6) is -1.09. The molecule has 1 N–H and O–H groups in total. The van der Waals surface area contributed by atoms with E-state index in [1.807, 2.05) is 50.1 Å². The molecule has 2 aromatic carbocycles. The number of nitrogens with zero attached hydrogens (tertiary/aromatic N) is 2. The molecule has 2 heterocycles. The summed E-state index contributed by atoms with van der Waals surface area (Å²) in [5, 5.41) is 10.4. The number of aromatic nitrogens is 1. The fraction of sp³-hybridized carbons (Fsp3) is 0.407. The van der Waals surface area contributed by atoms with Gasteiger partial charge in [-0.2, -0.15) is 0 Å². The summed E-state index contributed by atoms with van der Waals surface area (Å²) in [5.41, 5.74) is 3.11. The lowest BCUT2D eigenvalue weighted by Crippen LogP contribution is -2.51. The zero-order valence-corrected chi connectivity index (χ0v) is 19.5. The highest BCUT2D eigenvalue weighted by atomic mass is 19.1. The van der Waals surface area contributed by atoms with Crippen molar-refractivity contribution in [1.29, 1.82) is 0 Å². The standard InChI is InChI=1S/C27H31FN2O3/c1-4-27(5-2,18-10-12-19(28)13-11-18)26(33)29(3)20-14-15-24-22(16-25(31)32)21-8-6-7-9-23(21)30(24)17-20/h6-13,20H,4-5,14-17H2,1-3H3,(H,31,32)/t20-/m1/s1. The molecule has 1 aliphatic rings. The predicted octanol–water partition coefficient (Wildman–Crippen LogP) is 4.94. The van der Waals surface area contributed by atoms with E-state index in [0.717, 1.165) is 40.6 Å². The van der Waals surface area contributed by atoms with E-state index in [0.29, 0.717) is 19.4 Å². The molecule has 0 aliphatic carbocycles. The van der Waals surface area contributed by atoms with Crippen LogP contribution in [0.25, 0.3) is 10.9 Å². The molecule has 5 nitrogen and oxygen atoms in total. The molecular weight excluding hydrogens is 419 g/mol. The van der Waals surface area contributed by atoms with Crippen molar-refractivity contribution in [3.05, 3.63) is 71.2 Å². The van der Waals surface area contributed by atoms with E-state index in [-0.39, 0.29) is 24.2 Å². The average Bonchev–Trinajstić information content (AvgIpc) is 3.13. The van der Waals surface area contributed by atoms with Gasteiger partial charge in [-0.15, -0.1) is 0 Å². The number of carboxylic acid groups (broad SMARTS) is 1. The van der Waals surface area contributed by atoms with Crippen molar-refractivity contribution >= 4 is 22.8 Å². The third kappa shape index (κ3) is 3.92. The third-order valence-electron chi connectivity index (χ3n) is 7.51. The number of carbonyl (C=O) groups is 2. The number of likely N-dealkylation sites (N-methyl/N-ethyl adjacent to an activating group) is 1. The normalized spacial score (nSPS) is 15.9. The van der Waals surface area contributed by atoms with Gasteiger partial charge in [0.1, 0.15) is 5.82 Å². The second kappa shape index (κ2) is 9.00. The largest absolute Gasteiger partial charge is 0.481 e. The lowest BCUT2D eigenvalue weighted by atomic mass is 9.74. The van der Waals surface area contributed by atoms with Gasteiger partial charge in [0.05, 0.1) is 11.8 Å². The van der Waals surface area contributed by atoms with Crippen LogP contribution in [0.2, 0.25) is 0 Å².